The lowest BCUT2D eigenvalue weighted by Gasteiger charge is -2.29. The average Bonchev–Trinajstić information content (AvgIpc) is 2.78. The Morgan fingerprint density at radius 2 is 1.35 bits per heavy atom. The van der Waals surface area contributed by atoms with Crippen LogP contribution in [0, 0.1) is 0 Å². The highest BCUT2D eigenvalue weighted by molar-refractivity contribution is 7.81. The van der Waals surface area contributed by atoms with Crippen molar-refractivity contribution >= 4 is 39.4 Å². The minimum Gasteiger partial charge on any atom is -0.755 e. The summed E-state index contributed by atoms with van der Waals surface area (Å²) >= 11 is -2.54. The first-order valence-corrected chi connectivity index (χ1v) is 10.9. The van der Waals surface area contributed by atoms with Crippen LogP contribution in [-0.4, -0.2) is 19.8 Å². The quantitative estimate of drug-likeness (QED) is 0.406. The lowest BCUT2D eigenvalue weighted by molar-refractivity contribution is 0.0695. The second kappa shape index (κ2) is 9.12. The SMILES string of the molecule is O=C(O)c1ccccc1CCc1ccccc1N(c1cccc2ccccc12)S(=O)[O-]. The van der Waals surface area contributed by atoms with Gasteiger partial charge in [-0.25, -0.2) is 4.79 Å². The van der Waals surface area contributed by atoms with Crippen molar-refractivity contribution in [2.24, 2.45) is 0 Å². The van der Waals surface area contributed by atoms with Gasteiger partial charge in [-0.15, -0.1) is 0 Å². The number of para-hydroxylation sites is 1. The number of carbonyl (C=O) groups is 1. The third kappa shape index (κ3) is 4.35. The normalized spacial score (nSPS) is 11.9. The highest BCUT2D eigenvalue weighted by Crippen LogP contribution is 2.35. The molecule has 0 bridgehead atoms. The first-order valence-electron chi connectivity index (χ1n) is 9.82. The summed E-state index contributed by atoms with van der Waals surface area (Å²) in [5.74, 6) is -0.970. The second-order valence-corrected chi connectivity index (χ2v) is 7.90. The Morgan fingerprint density at radius 1 is 0.774 bits per heavy atom. The molecule has 0 aromatic heterocycles. The Balaban J connectivity index is 1.74. The van der Waals surface area contributed by atoms with E-state index in [2.05, 4.69) is 0 Å². The molecule has 0 spiro atoms. The van der Waals surface area contributed by atoms with Crippen LogP contribution in [0.25, 0.3) is 10.8 Å². The van der Waals surface area contributed by atoms with Crippen molar-refractivity contribution in [2.75, 3.05) is 4.31 Å². The van der Waals surface area contributed by atoms with Gasteiger partial charge in [-0.1, -0.05) is 72.8 Å². The number of rotatable bonds is 7. The molecular formula is C25H20NO4S-. The molecule has 0 aliphatic heterocycles. The Bertz CT molecular complexity index is 1270. The van der Waals surface area contributed by atoms with E-state index in [9.17, 15) is 18.7 Å². The predicted molar refractivity (Wildman–Crippen MR) is 122 cm³/mol. The lowest BCUT2D eigenvalue weighted by atomic mass is 9.98. The van der Waals surface area contributed by atoms with Crippen LogP contribution in [0.5, 0.6) is 0 Å². The number of anilines is 2. The molecular weight excluding hydrogens is 410 g/mol. The molecule has 0 saturated heterocycles. The van der Waals surface area contributed by atoms with E-state index in [0.29, 0.717) is 29.8 Å². The Morgan fingerprint density at radius 3 is 2.13 bits per heavy atom. The molecule has 0 radical (unpaired) electrons. The maximum atomic E-state index is 12.4. The average molecular weight is 431 g/mol. The smallest absolute Gasteiger partial charge is 0.335 e. The third-order valence-electron chi connectivity index (χ3n) is 5.26. The summed E-state index contributed by atoms with van der Waals surface area (Å²) in [6.07, 6.45) is 0.979. The number of carboxylic acids is 1. The van der Waals surface area contributed by atoms with Crippen molar-refractivity contribution in [3.05, 3.63) is 108 Å². The van der Waals surface area contributed by atoms with Crippen LogP contribution in [0.15, 0.2) is 91.0 Å². The molecule has 4 aromatic carbocycles. The Labute approximate surface area is 183 Å². The van der Waals surface area contributed by atoms with Crippen molar-refractivity contribution in [2.45, 2.75) is 12.8 Å². The molecule has 5 nitrogen and oxygen atoms in total. The standard InChI is InChI=1S/C25H21NO4S/c27-25(28)22-13-5-2-9-19(22)16-17-20-10-3-6-14-23(20)26(31(29)30)24-15-7-11-18-8-1-4-12-21(18)24/h1-15H,16-17H2,(H,27,28)(H,29,30)/p-1. The molecule has 4 aromatic rings. The summed E-state index contributed by atoms with van der Waals surface area (Å²) in [7, 11) is 0. The molecule has 1 atom stereocenters. The van der Waals surface area contributed by atoms with Crippen LogP contribution in [-0.2, 0) is 24.1 Å². The van der Waals surface area contributed by atoms with Crippen molar-refractivity contribution in [1.82, 2.24) is 0 Å². The third-order valence-corrected chi connectivity index (χ3v) is 5.95. The van der Waals surface area contributed by atoms with Crippen LogP contribution < -0.4 is 4.31 Å². The number of aromatic carboxylic acids is 1. The highest BCUT2D eigenvalue weighted by atomic mass is 32.2. The Kier molecular flexibility index (Phi) is 6.11. The zero-order valence-electron chi connectivity index (χ0n) is 16.6. The van der Waals surface area contributed by atoms with Gasteiger partial charge in [-0.2, -0.15) is 0 Å². The van der Waals surface area contributed by atoms with Gasteiger partial charge in [0.05, 0.1) is 28.2 Å². The molecule has 0 aliphatic carbocycles. The van der Waals surface area contributed by atoms with Gasteiger partial charge in [-0.3, -0.25) is 8.51 Å². The van der Waals surface area contributed by atoms with E-state index in [1.165, 1.54) is 4.31 Å². The first-order chi connectivity index (χ1) is 15.1. The van der Waals surface area contributed by atoms with Gasteiger partial charge in [0.25, 0.3) is 0 Å². The fourth-order valence-electron chi connectivity index (χ4n) is 3.81. The Hall–Kier alpha value is -3.48. The fourth-order valence-corrected chi connectivity index (χ4v) is 4.47. The van der Waals surface area contributed by atoms with E-state index in [1.807, 2.05) is 54.6 Å². The predicted octanol–water partition coefficient (Wildman–Crippen LogP) is 5.26. The summed E-state index contributed by atoms with van der Waals surface area (Å²) in [6.45, 7) is 0. The summed E-state index contributed by atoms with van der Waals surface area (Å²) in [6, 6.07) is 27.4. The van der Waals surface area contributed by atoms with E-state index in [0.717, 1.165) is 16.3 Å². The number of aryl methyl sites for hydroxylation is 2. The maximum Gasteiger partial charge on any atom is 0.335 e. The van der Waals surface area contributed by atoms with E-state index in [4.69, 9.17) is 0 Å². The summed E-state index contributed by atoms with van der Waals surface area (Å²) in [4.78, 5) is 11.5. The minimum absolute atomic E-state index is 0.262. The van der Waals surface area contributed by atoms with Gasteiger partial charge in [0.15, 0.2) is 0 Å². The zero-order chi connectivity index (χ0) is 21.8. The van der Waals surface area contributed by atoms with Gasteiger partial charge in [0.2, 0.25) is 0 Å². The van der Waals surface area contributed by atoms with Crippen LogP contribution in [0.3, 0.4) is 0 Å². The van der Waals surface area contributed by atoms with Crippen LogP contribution in [0.2, 0.25) is 0 Å². The van der Waals surface area contributed by atoms with Crippen molar-refractivity contribution in [3.8, 4) is 0 Å². The zero-order valence-corrected chi connectivity index (χ0v) is 17.4. The summed E-state index contributed by atoms with van der Waals surface area (Å²) in [5, 5.41) is 11.2. The number of fused-ring (bicyclic) bond motifs is 1. The van der Waals surface area contributed by atoms with E-state index in [1.54, 1.807) is 36.4 Å². The number of carboxylic acid groups (broad SMARTS) is 1. The van der Waals surface area contributed by atoms with Crippen molar-refractivity contribution in [1.29, 1.82) is 0 Å². The number of hydrogen-bond donors (Lipinski definition) is 1. The van der Waals surface area contributed by atoms with E-state index in [-0.39, 0.29) is 5.56 Å². The molecule has 0 heterocycles. The van der Waals surface area contributed by atoms with Gasteiger partial charge in [-0.05, 0) is 47.6 Å². The van der Waals surface area contributed by atoms with Gasteiger partial charge < -0.3 is 9.66 Å². The topological polar surface area (TPSA) is 80.7 Å². The molecule has 1 unspecified atom stereocenters. The minimum atomic E-state index is -2.54. The number of nitrogens with zero attached hydrogens (tertiary/aromatic N) is 1. The summed E-state index contributed by atoms with van der Waals surface area (Å²) in [5.41, 5.74) is 2.92. The molecule has 4 rings (SSSR count). The lowest BCUT2D eigenvalue weighted by Crippen LogP contribution is -2.21. The molecule has 0 amide bonds. The van der Waals surface area contributed by atoms with Crippen LogP contribution >= 0.6 is 0 Å². The van der Waals surface area contributed by atoms with Gasteiger partial charge in [0.1, 0.15) is 0 Å². The molecule has 31 heavy (non-hydrogen) atoms. The van der Waals surface area contributed by atoms with Gasteiger partial charge >= 0.3 is 5.97 Å². The van der Waals surface area contributed by atoms with Crippen molar-refractivity contribution < 1.29 is 18.7 Å². The summed E-state index contributed by atoms with van der Waals surface area (Å²) < 4.78 is 26.0. The largest absolute Gasteiger partial charge is 0.755 e. The first kappa shape index (κ1) is 20.8. The maximum absolute atomic E-state index is 12.4. The van der Waals surface area contributed by atoms with Crippen LogP contribution in [0.1, 0.15) is 21.5 Å². The molecule has 156 valence electrons. The molecule has 6 heteroatoms. The van der Waals surface area contributed by atoms with E-state index >= 15 is 0 Å². The molecule has 1 N–H and O–H groups in total. The van der Waals surface area contributed by atoms with Crippen LogP contribution in [0.4, 0.5) is 11.4 Å². The molecule has 0 aliphatic rings. The molecule has 0 saturated carbocycles. The number of benzene rings is 4. The fraction of sp³-hybridized carbons (Fsp3) is 0.0800. The second-order valence-electron chi connectivity index (χ2n) is 7.10. The van der Waals surface area contributed by atoms with Crippen molar-refractivity contribution in [3.63, 3.8) is 0 Å². The highest BCUT2D eigenvalue weighted by Gasteiger charge is 2.17. The molecule has 0 fully saturated rings. The van der Waals surface area contributed by atoms with Gasteiger partial charge in [0, 0.05) is 5.39 Å². The monoisotopic (exact) mass is 430 g/mol. The van der Waals surface area contributed by atoms with E-state index < -0.39 is 17.2 Å². The number of hydrogen-bond acceptors (Lipinski definition) is 3.